The van der Waals surface area contributed by atoms with Crippen LogP contribution in [0.1, 0.15) is 41.3 Å². The van der Waals surface area contributed by atoms with Crippen molar-refractivity contribution >= 4 is 5.91 Å². The third-order valence-corrected chi connectivity index (χ3v) is 5.70. The van der Waals surface area contributed by atoms with Gasteiger partial charge in [-0.25, -0.2) is 0 Å². The molecule has 0 saturated heterocycles. The number of amides is 1. The first kappa shape index (κ1) is 20.8. The number of nitrogens with zero attached hydrogens (tertiary/aromatic N) is 3. The van der Waals surface area contributed by atoms with Crippen molar-refractivity contribution in [2.24, 2.45) is 0 Å². The van der Waals surface area contributed by atoms with Crippen molar-refractivity contribution in [1.82, 2.24) is 14.5 Å². The molecule has 0 spiro atoms. The molecule has 31 heavy (non-hydrogen) atoms. The molecule has 0 radical (unpaired) electrons. The van der Waals surface area contributed by atoms with Gasteiger partial charge >= 0.3 is 5.56 Å². The summed E-state index contributed by atoms with van der Waals surface area (Å²) < 4.78 is 1.67. The molecule has 3 aromatic rings. The number of rotatable bonds is 5. The lowest BCUT2D eigenvalue weighted by molar-refractivity contribution is 0.0638. The Kier molecular flexibility index (Phi) is 5.61. The van der Waals surface area contributed by atoms with E-state index >= 15 is 0 Å². The summed E-state index contributed by atoms with van der Waals surface area (Å²) in [5, 5.41) is 19.6. The summed E-state index contributed by atoms with van der Waals surface area (Å²) in [6.45, 7) is 4.75. The zero-order valence-corrected chi connectivity index (χ0v) is 17.6. The van der Waals surface area contributed by atoms with E-state index in [4.69, 9.17) is 0 Å². The minimum atomic E-state index is -0.787. The molecule has 1 aliphatic rings. The van der Waals surface area contributed by atoms with Gasteiger partial charge in [0.15, 0.2) is 5.69 Å². The molecule has 0 atom stereocenters. The van der Waals surface area contributed by atoms with Crippen LogP contribution in [0.3, 0.4) is 0 Å². The Morgan fingerprint density at radius 3 is 2.42 bits per heavy atom. The van der Waals surface area contributed by atoms with E-state index in [1.165, 1.54) is 0 Å². The Morgan fingerprint density at radius 1 is 1.03 bits per heavy atom. The number of carbonyl (C=O) groups excluding carboxylic acids is 1. The highest BCUT2D eigenvalue weighted by Crippen LogP contribution is 2.28. The van der Waals surface area contributed by atoms with Gasteiger partial charge in [0, 0.05) is 25.6 Å². The Morgan fingerprint density at radius 2 is 1.74 bits per heavy atom. The minimum absolute atomic E-state index is 0.0136. The highest BCUT2D eigenvalue weighted by atomic mass is 16.3. The SMILES string of the molecule is CC(C)N1CCn2c(Cc3ccccc3-c3ccc(CO)cc3)nc(=O)c(O)c2C1=O. The quantitative estimate of drug-likeness (QED) is 0.663. The van der Waals surface area contributed by atoms with Crippen LogP contribution in [0.25, 0.3) is 11.1 Å². The Bertz CT molecular complexity index is 1180. The van der Waals surface area contributed by atoms with Crippen LogP contribution < -0.4 is 5.56 Å². The number of hydrogen-bond acceptors (Lipinski definition) is 5. The highest BCUT2D eigenvalue weighted by molar-refractivity contribution is 5.95. The van der Waals surface area contributed by atoms with Crippen LogP contribution in [0, 0.1) is 0 Å². The van der Waals surface area contributed by atoms with E-state index in [-0.39, 0.29) is 24.2 Å². The third kappa shape index (κ3) is 3.84. The predicted molar refractivity (Wildman–Crippen MR) is 117 cm³/mol. The van der Waals surface area contributed by atoms with Crippen LogP contribution in [-0.2, 0) is 19.6 Å². The molecule has 0 fully saturated rings. The van der Waals surface area contributed by atoms with Crippen LogP contribution in [0.15, 0.2) is 53.3 Å². The zero-order chi connectivity index (χ0) is 22.1. The van der Waals surface area contributed by atoms with Gasteiger partial charge in [-0.15, -0.1) is 0 Å². The Hall–Kier alpha value is -3.45. The van der Waals surface area contributed by atoms with E-state index in [0.717, 1.165) is 22.3 Å². The van der Waals surface area contributed by atoms with Gasteiger partial charge in [-0.3, -0.25) is 9.59 Å². The monoisotopic (exact) mass is 419 g/mol. The molecular weight excluding hydrogens is 394 g/mol. The van der Waals surface area contributed by atoms with E-state index < -0.39 is 11.3 Å². The van der Waals surface area contributed by atoms with Crippen molar-refractivity contribution in [3.05, 3.63) is 81.5 Å². The first-order valence-corrected chi connectivity index (χ1v) is 10.3. The van der Waals surface area contributed by atoms with Gasteiger partial charge in [0.05, 0.1) is 6.61 Å². The largest absolute Gasteiger partial charge is 0.501 e. The van der Waals surface area contributed by atoms with Crippen molar-refractivity contribution in [2.75, 3.05) is 6.54 Å². The van der Waals surface area contributed by atoms with Crippen molar-refractivity contribution in [3.63, 3.8) is 0 Å². The lowest BCUT2D eigenvalue weighted by atomic mass is 9.96. The van der Waals surface area contributed by atoms with E-state index in [9.17, 15) is 19.8 Å². The van der Waals surface area contributed by atoms with Crippen LogP contribution in [0.2, 0.25) is 0 Å². The fraction of sp³-hybridized carbons (Fsp3) is 0.292. The van der Waals surface area contributed by atoms with Crippen molar-refractivity contribution in [3.8, 4) is 16.9 Å². The average molecular weight is 419 g/mol. The maximum absolute atomic E-state index is 12.9. The molecule has 0 bridgehead atoms. The standard InChI is InChI=1S/C24H25N3O4/c1-15(2)26-11-12-27-20(25-23(30)22(29)21(27)24(26)31)13-18-5-3-4-6-19(18)17-9-7-16(14-28)8-10-17/h3-10,15,28-29H,11-14H2,1-2H3. The molecule has 1 aliphatic heterocycles. The van der Waals surface area contributed by atoms with Gasteiger partial charge in [0.1, 0.15) is 5.82 Å². The molecular formula is C24H25N3O4. The summed E-state index contributed by atoms with van der Waals surface area (Å²) in [6, 6.07) is 15.4. The summed E-state index contributed by atoms with van der Waals surface area (Å²) in [4.78, 5) is 31.1. The predicted octanol–water partition coefficient (Wildman–Crippen LogP) is 2.56. The number of fused-ring (bicyclic) bond motifs is 1. The molecule has 0 aliphatic carbocycles. The minimum Gasteiger partial charge on any atom is -0.501 e. The Balaban J connectivity index is 1.78. The smallest absolute Gasteiger partial charge is 0.315 e. The van der Waals surface area contributed by atoms with E-state index in [1.807, 2.05) is 62.4 Å². The second kappa shape index (κ2) is 8.35. The van der Waals surface area contributed by atoms with Gasteiger partial charge in [-0.2, -0.15) is 4.98 Å². The summed E-state index contributed by atoms with van der Waals surface area (Å²) >= 11 is 0. The lowest BCUT2D eigenvalue weighted by Crippen LogP contribution is -2.46. The average Bonchev–Trinajstić information content (AvgIpc) is 2.77. The van der Waals surface area contributed by atoms with Crippen molar-refractivity contribution in [2.45, 2.75) is 39.5 Å². The van der Waals surface area contributed by atoms with Crippen LogP contribution in [-0.4, -0.2) is 43.2 Å². The Labute approximate surface area is 180 Å². The van der Waals surface area contributed by atoms with E-state index in [1.54, 1.807) is 9.47 Å². The first-order chi connectivity index (χ1) is 14.9. The van der Waals surface area contributed by atoms with Gasteiger partial charge in [-0.1, -0.05) is 48.5 Å². The third-order valence-electron chi connectivity index (χ3n) is 5.70. The topological polar surface area (TPSA) is 95.7 Å². The van der Waals surface area contributed by atoms with Crippen LogP contribution in [0.5, 0.6) is 5.75 Å². The van der Waals surface area contributed by atoms with Crippen LogP contribution >= 0.6 is 0 Å². The fourth-order valence-corrected chi connectivity index (χ4v) is 4.04. The molecule has 2 heterocycles. The molecule has 0 unspecified atom stereocenters. The number of benzene rings is 2. The highest BCUT2D eigenvalue weighted by Gasteiger charge is 2.32. The molecule has 0 saturated carbocycles. The maximum Gasteiger partial charge on any atom is 0.315 e. The molecule has 4 rings (SSSR count). The second-order valence-corrected chi connectivity index (χ2v) is 7.96. The molecule has 1 aromatic heterocycles. The molecule has 2 aromatic carbocycles. The second-order valence-electron chi connectivity index (χ2n) is 7.96. The molecule has 160 valence electrons. The molecule has 7 heteroatoms. The van der Waals surface area contributed by atoms with Gasteiger partial charge < -0.3 is 19.7 Å². The van der Waals surface area contributed by atoms with Gasteiger partial charge in [0.25, 0.3) is 5.91 Å². The number of carbonyl (C=O) groups is 1. The normalized spacial score (nSPS) is 13.5. The van der Waals surface area contributed by atoms with E-state index in [2.05, 4.69) is 4.98 Å². The van der Waals surface area contributed by atoms with Crippen molar-refractivity contribution in [1.29, 1.82) is 0 Å². The summed E-state index contributed by atoms with van der Waals surface area (Å²) in [5.74, 6) is -0.492. The molecule has 1 amide bonds. The first-order valence-electron chi connectivity index (χ1n) is 10.3. The number of hydrogen-bond donors (Lipinski definition) is 2. The summed E-state index contributed by atoms with van der Waals surface area (Å²) in [5.41, 5.74) is 2.97. The molecule has 2 N–H and O–H groups in total. The number of aromatic nitrogens is 2. The van der Waals surface area contributed by atoms with Crippen LogP contribution in [0.4, 0.5) is 0 Å². The van der Waals surface area contributed by atoms with Gasteiger partial charge in [-0.05, 0) is 36.1 Å². The summed E-state index contributed by atoms with van der Waals surface area (Å²) in [6.07, 6.45) is 0.343. The maximum atomic E-state index is 12.9. The van der Waals surface area contributed by atoms with Gasteiger partial charge in [0.2, 0.25) is 5.75 Å². The number of aromatic hydroxyl groups is 1. The summed E-state index contributed by atoms with van der Waals surface area (Å²) in [7, 11) is 0. The fourth-order valence-electron chi connectivity index (χ4n) is 4.04. The van der Waals surface area contributed by atoms with Crippen molar-refractivity contribution < 1.29 is 15.0 Å². The van der Waals surface area contributed by atoms with E-state index in [0.29, 0.717) is 25.3 Å². The lowest BCUT2D eigenvalue weighted by Gasteiger charge is -2.34. The number of aliphatic hydroxyl groups is 1. The zero-order valence-electron chi connectivity index (χ0n) is 17.6. The molecule has 7 nitrogen and oxygen atoms in total. The number of aliphatic hydroxyl groups excluding tert-OH is 1.